The molecule has 2 unspecified atom stereocenters. The molecular weight excluding hydrogens is 506 g/mol. The summed E-state index contributed by atoms with van der Waals surface area (Å²) in [6.45, 7) is 2.51. The van der Waals surface area contributed by atoms with Crippen molar-refractivity contribution in [2.24, 2.45) is 20.0 Å². The van der Waals surface area contributed by atoms with Gasteiger partial charge in [-0.05, 0) is 30.3 Å². The lowest BCUT2D eigenvalue weighted by Crippen LogP contribution is -2.52. The van der Waals surface area contributed by atoms with Gasteiger partial charge in [0.25, 0.3) is 11.5 Å². The van der Waals surface area contributed by atoms with Crippen molar-refractivity contribution < 1.29 is 9.53 Å². The maximum absolute atomic E-state index is 13.7. The van der Waals surface area contributed by atoms with Gasteiger partial charge in [0.15, 0.2) is 0 Å². The Kier molecular flexibility index (Phi) is 7.71. The summed E-state index contributed by atoms with van der Waals surface area (Å²) in [6.07, 6.45) is 6.89. The number of hydrogen-bond donors (Lipinski definition) is 2. The minimum Gasteiger partial charge on any atom is -0.481 e. The molecule has 10 heteroatoms. The zero-order valence-corrected chi connectivity index (χ0v) is 22.7. The van der Waals surface area contributed by atoms with Crippen molar-refractivity contribution in [3.8, 4) is 5.88 Å². The maximum Gasteiger partial charge on any atom is 0.330 e. The summed E-state index contributed by atoms with van der Waals surface area (Å²) in [7, 11) is 6.20. The summed E-state index contributed by atoms with van der Waals surface area (Å²) in [5, 5.41) is 6.75. The van der Waals surface area contributed by atoms with Crippen LogP contribution in [0.2, 0.25) is 5.02 Å². The van der Waals surface area contributed by atoms with Gasteiger partial charge < -0.3 is 19.9 Å². The SMILES string of the molecule is CNCc1ccc(C2(NC(=O)c3cn(C)c(=O)n(C)c3=O)C=CC=C(c3ccccc3Cl)C2C)nc1OC. The molecule has 0 aliphatic heterocycles. The monoisotopic (exact) mass is 535 g/mol. The Labute approximate surface area is 225 Å². The smallest absolute Gasteiger partial charge is 0.330 e. The van der Waals surface area contributed by atoms with Crippen LogP contribution in [0.4, 0.5) is 0 Å². The number of carbonyl (C=O) groups excluding carboxylic acids is 1. The fourth-order valence-electron chi connectivity index (χ4n) is 4.80. The quantitative estimate of drug-likeness (QED) is 0.482. The number of nitrogens with one attached hydrogen (secondary N) is 2. The van der Waals surface area contributed by atoms with E-state index >= 15 is 0 Å². The average molecular weight is 536 g/mol. The second-order valence-electron chi connectivity index (χ2n) is 9.20. The Morgan fingerprint density at radius 2 is 1.92 bits per heavy atom. The van der Waals surface area contributed by atoms with Crippen molar-refractivity contribution in [1.29, 1.82) is 0 Å². The number of ether oxygens (including phenoxy) is 1. The molecule has 1 aliphatic carbocycles. The number of carbonyl (C=O) groups is 1. The van der Waals surface area contributed by atoms with Crippen LogP contribution in [0.1, 0.15) is 34.1 Å². The molecule has 4 rings (SSSR count). The van der Waals surface area contributed by atoms with E-state index in [1.807, 2.05) is 68.6 Å². The molecule has 2 atom stereocenters. The van der Waals surface area contributed by atoms with Crippen LogP contribution in [0.5, 0.6) is 5.88 Å². The fourth-order valence-corrected chi connectivity index (χ4v) is 5.04. The van der Waals surface area contributed by atoms with Crippen LogP contribution in [0.25, 0.3) is 5.57 Å². The molecule has 0 fully saturated rings. The Morgan fingerprint density at radius 3 is 2.61 bits per heavy atom. The molecule has 38 heavy (non-hydrogen) atoms. The van der Waals surface area contributed by atoms with E-state index < -0.39 is 22.7 Å². The highest BCUT2D eigenvalue weighted by Gasteiger charge is 2.43. The van der Waals surface area contributed by atoms with Crippen LogP contribution >= 0.6 is 11.6 Å². The van der Waals surface area contributed by atoms with Crippen LogP contribution in [-0.4, -0.2) is 34.2 Å². The van der Waals surface area contributed by atoms with Gasteiger partial charge in [-0.15, -0.1) is 0 Å². The van der Waals surface area contributed by atoms with Gasteiger partial charge in [-0.2, -0.15) is 0 Å². The second-order valence-corrected chi connectivity index (χ2v) is 9.61. The number of halogens is 1. The maximum atomic E-state index is 13.7. The summed E-state index contributed by atoms with van der Waals surface area (Å²) < 4.78 is 7.69. The van der Waals surface area contributed by atoms with Crippen LogP contribution in [-0.2, 0) is 26.2 Å². The van der Waals surface area contributed by atoms with E-state index in [1.165, 1.54) is 24.9 Å². The lowest BCUT2D eigenvalue weighted by molar-refractivity contribution is 0.0896. The van der Waals surface area contributed by atoms with Gasteiger partial charge in [0, 0.05) is 43.3 Å². The lowest BCUT2D eigenvalue weighted by Gasteiger charge is -2.40. The Bertz CT molecular complexity index is 1570. The number of aryl methyl sites for hydroxylation is 1. The van der Waals surface area contributed by atoms with E-state index in [9.17, 15) is 14.4 Å². The van der Waals surface area contributed by atoms with Crippen LogP contribution in [0.3, 0.4) is 0 Å². The van der Waals surface area contributed by atoms with Gasteiger partial charge in [0.2, 0.25) is 5.88 Å². The highest BCUT2D eigenvalue weighted by atomic mass is 35.5. The summed E-state index contributed by atoms with van der Waals surface area (Å²) >= 11 is 6.57. The topological polar surface area (TPSA) is 107 Å². The van der Waals surface area contributed by atoms with E-state index in [2.05, 4.69) is 10.6 Å². The lowest BCUT2D eigenvalue weighted by atomic mass is 9.72. The number of pyridine rings is 1. The summed E-state index contributed by atoms with van der Waals surface area (Å²) in [5.74, 6) is -0.587. The minimum absolute atomic E-state index is 0.165. The van der Waals surface area contributed by atoms with Crippen LogP contribution in [0.15, 0.2) is 70.4 Å². The number of methoxy groups -OCH3 is 1. The van der Waals surface area contributed by atoms with E-state index in [0.29, 0.717) is 23.1 Å². The van der Waals surface area contributed by atoms with Crippen molar-refractivity contribution in [2.75, 3.05) is 14.2 Å². The predicted molar refractivity (Wildman–Crippen MR) is 147 cm³/mol. The van der Waals surface area contributed by atoms with Gasteiger partial charge in [-0.3, -0.25) is 14.2 Å². The summed E-state index contributed by atoms with van der Waals surface area (Å²) in [4.78, 5) is 43.6. The van der Waals surface area contributed by atoms with Gasteiger partial charge in [-0.1, -0.05) is 61.0 Å². The zero-order chi connectivity index (χ0) is 27.6. The number of hydrogen-bond acceptors (Lipinski definition) is 6. The Hall–Kier alpha value is -3.95. The third kappa shape index (κ3) is 4.70. The van der Waals surface area contributed by atoms with Crippen LogP contribution in [0, 0.1) is 5.92 Å². The average Bonchev–Trinajstić information content (AvgIpc) is 2.91. The molecule has 0 saturated heterocycles. The van der Waals surface area contributed by atoms with Gasteiger partial charge in [0.1, 0.15) is 11.1 Å². The number of benzene rings is 1. The standard InChI is InChI=1S/C28H30ClN5O4/c1-17-19(20-9-6-7-11-22(20)29)10-8-14-28(17,23-13-12-18(15-30-2)25(31-23)38-5)32-24(35)21-16-33(3)27(37)34(4)26(21)36/h6-14,16-17,30H,15H2,1-5H3,(H,32,35). The third-order valence-electron chi connectivity index (χ3n) is 6.90. The zero-order valence-electron chi connectivity index (χ0n) is 21.9. The Morgan fingerprint density at radius 1 is 1.18 bits per heavy atom. The molecule has 9 nitrogen and oxygen atoms in total. The first kappa shape index (κ1) is 27.1. The molecule has 0 radical (unpaired) electrons. The molecule has 0 spiro atoms. The first-order valence-electron chi connectivity index (χ1n) is 12.1. The first-order chi connectivity index (χ1) is 18.1. The molecule has 1 amide bonds. The molecule has 198 valence electrons. The predicted octanol–water partition coefficient (Wildman–Crippen LogP) is 2.78. The van der Waals surface area contributed by atoms with Crippen molar-refractivity contribution in [3.63, 3.8) is 0 Å². The second kappa shape index (κ2) is 10.8. The molecule has 0 bridgehead atoms. The molecule has 2 heterocycles. The number of nitrogens with zero attached hydrogens (tertiary/aromatic N) is 3. The van der Waals surface area contributed by atoms with Gasteiger partial charge in [0.05, 0.1) is 12.8 Å². The van der Waals surface area contributed by atoms with Crippen LogP contribution < -0.4 is 26.6 Å². The molecule has 1 aromatic carbocycles. The van der Waals surface area contributed by atoms with E-state index in [0.717, 1.165) is 21.3 Å². The molecule has 2 N–H and O–H groups in total. The molecule has 3 aromatic rings. The molecular formula is C28H30ClN5O4. The van der Waals surface area contributed by atoms with E-state index in [1.54, 1.807) is 7.11 Å². The highest BCUT2D eigenvalue weighted by molar-refractivity contribution is 6.32. The van der Waals surface area contributed by atoms with Crippen molar-refractivity contribution in [2.45, 2.75) is 19.0 Å². The fraction of sp³-hybridized carbons (Fsp3) is 0.286. The highest BCUT2D eigenvalue weighted by Crippen LogP contribution is 2.44. The first-order valence-corrected chi connectivity index (χ1v) is 12.4. The number of aromatic nitrogens is 3. The number of allylic oxidation sites excluding steroid dienone is 2. The molecule has 2 aromatic heterocycles. The molecule has 0 saturated carbocycles. The third-order valence-corrected chi connectivity index (χ3v) is 7.23. The van der Waals surface area contributed by atoms with Crippen molar-refractivity contribution >= 4 is 23.1 Å². The largest absolute Gasteiger partial charge is 0.481 e. The number of rotatable bonds is 7. The van der Waals surface area contributed by atoms with E-state index in [-0.39, 0.29) is 11.5 Å². The van der Waals surface area contributed by atoms with Gasteiger partial charge in [-0.25, -0.2) is 9.78 Å². The normalized spacial score (nSPS) is 18.7. The number of amides is 1. The minimum atomic E-state index is -1.18. The van der Waals surface area contributed by atoms with Crippen molar-refractivity contribution in [1.82, 2.24) is 24.8 Å². The summed E-state index contributed by atoms with van der Waals surface area (Å²) in [6, 6.07) is 11.2. The van der Waals surface area contributed by atoms with Crippen molar-refractivity contribution in [3.05, 3.63) is 109 Å². The van der Waals surface area contributed by atoms with Gasteiger partial charge >= 0.3 is 5.69 Å². The summed E-state index contributed by atoms with van der Waals surface area (Å²) in [5.41, 5.74) is 0.515. The van der Waals surface area contributed by atoms with E-state index in [4.69, 9.17) is 21.3 Å². The molecule has 1 aliphatic rings. The Balaban J connectivity index is 1.90.